The molecule has 1 aromatic rings. The van der Waals surface area contributed by atoms with Gasteiger partial charge in [0.2, 0.25) is 0 Å². The molecule has 0 saturated carbocycles. The fourth-order valence-corrected chi connectivity index (χ4v) is 1.45. The van der Waals surface area contributed by atoms with Crippen LogP contribution in [0.4, 0.5) is 10.1 Å². The molecule has 0 bridgehead atoms. The van der Waals surface area contributed by atoms with Crippen LogP contribution in [-0.2, 0) is 0 Å². The van der Waals surface area contributed by atoms with E-state index in [9.17, 15) is 4.39 Å². The molecule has 3 heteroatoms. The van der Waals surface area contributed by atoms with Crippen molar-refractivity contribution in [2.75, 3.05) is 5.32 Å². The Morgan fingerprint density at radius 2 is 2.14 bits per heavy atom. The van der Waals surface area contributed by atoms with Gasteiger partial charge in [-0.3, -0.25) is 4.98 Å². The van der Waals surface area contributed by atoms with E-state index in [4.69, 9.17) is 0 Å². The molecule has 1 N–H and O–H groups in total. The van der Waals surface area contributed by atoms with Crippen molar-refractivity contribution in [1.29, 1.82) is 0 Å². The van der Waals surface area contributed by atoms with Crippen molar-refractivity contribution in [3.63, 3.8) is 0 Å². The van der Waals surface area contributed by atoms with Crippen molar-refractivity contribution in [3.05, 3.63) is 24.3 Å². The van der Waals surface area contributed by atoms with Crippen LogP contribution in [0.15, 0.2) is 18.5 Å². The summed E-state index contributed by atoms with van der Waals surface area (Å²) in [5, 5.41) is 3.27. The second-order valence-corrected chi connectivity index (χ2v) is 3.79. The molecule has 0 fully saturated rings. The average molecular weight is 196 g/mol. The Labute approximate surface area is 84.6 Å². The molecule has 1 aromatic heterocycles. The monoisotopic (exact) mass is 196 g/mol. The van der Waals surface area contributed by atoms with Gasteiger partial charge in [0.05, 0.1) is 18.1 Å². The van der Waals surface area contributed by atoms with E-state index in [1.807, 2.05) is 0 Å². The van der Waals surface area contributed by atoms with Crippen LogP contribution in [-0.4, -0.2) is 11.0 Å². The van der Waals surface area contributed by atoms with E-state index < -0.39 is 0 Å². The number of hydrogen-bond donors (Lipinski definition) is 1. The normalized spacial score (nSPS) is 12.9. The van der Waals surface area contributed by atoms with E-state index >= 15 is 0 Å². The highest BCUT2D eigenvalue weighted by atomic mass is 19.1. The number of pyridine rings is 1. The summed E-state index contributed by atoms with van der Waals surface area (Å²) in [6.07, 6.45) is 3.88. The third-order valence-corrected chi connectivity index (χ3v) is 2.30. The lowest BCUT2D eigenvalue weighted by molar-refractivity contribution is 0.510. The van der Waals surface area contributed by atoms with Crippen LogP contribution in [0.5, 0.6) is 0 Å². The smallest absolute Gasteiger partial charge is 0.143 e. The Kier molecular flexibility index (Phi) is 3.86. The molecule has 2 nitrogen and oxygen atoms in total. The molecule has 0 aliphatic heterocycles. The molecular formula is C11H17FN2. The average Bonchev–Trinajstić information content (AvgIpc) is 2.14. The van der Waals surface area contributed by atoms with Crippen LogP contribution in [0.3, 0.4) is 0 Å². The number of nitrogens with zero attached hydrogens (tertiary/aromatic N) is 1. The molecule has 1 heterocycles. The van der Waals surface area contributed by atoms with Gasteiger partial charge in [0.25, 0.3) is 0 Å². The van der Waals surface area contributed by atoms with E-state index in [1.165, 1.54) is 12.3 Å². The quantitative estimate of drug-likeness (QED) is 0.800. The lowest BCUT2D eigenvalue weighted by Crippen LogP contribution is -2.24. The van der Waals surface area contributed by atoms with Gasteiger partial charge >= 0.3 is 0 Å². The fourth-order valence-electron chi connectivity index (χ4n) is 1.45. The summed E-state index contributed by atoms with van der Waals surface area (Å²) in [4.78, 5) is 3.79. The molecule has 14 heavy (non-hydrogen) atoms. The number of nitrogens with one attached hydrogen (secondary N) is 1. The maximum absolute atomic E-state index is 12.8. The third-order valence-electron chi connectivity index (χ3n) is 2.30. The third kappa shape index (κ3) is 2.98. The Morgan fingerprint density at radius 1 is 1.43 bits per heavy atom. The van der Waals surface area contributed by atoms with E-state index in [-0.39, 0.29) is 5.82 Å². The fraction of sp³-hybridized carbons (Fsp3) is 0.545. The van der Waals surface area contributed by atoms with Crippen LogP contribution in [0, 0.1) is 11.7 Å². The Morgan fingerprint density at radius 3 is 2.64 bits per heavy atom. The summed E-state index contributed by atoms with van der Waals surface area (Å²) in [6.45, 7) is 6.41. The van der Waals surface area contributed by atoms with Crippen molar-refractivity contribution >= 4 is 5.69 Å². The summed E-state index contributed by atoms with van der Waals surface area (Å²) in [6, 6.07) is 1.84. The molecule has 0 spiro atoms. The molecule has 0 aliphatic carbocycles. The molecule has 0 aromatic carbocycles. The van der Waals surface area contributed by atoms with Gasteiger partial charge < -0.3 is 5.32 Å². The van der Waals surface area contributed by atoms with Crippen LogP contribution >= 0.6 is 0 Å². The largest absolute Gasteiger partial charge is 0.381 e. The second kappa shape index (κ2) is 4.94. The van der Waals surface area contributed by atoms with Crippen LogP contribution < -0.4 is 5.32 Å². The number of aromatic nitrogens is 1. The summed E-state index contributed by atoms with van der Waals surface area (Å²) in [5.74, 6) is 0.233. The first-order valence-electron chi connectivity index (χ1n) is 5.00. The van der Waals surface area contributed by atoms with E-state index in [2.05, 4.69) is 31.1 Å². The predicted molar refractivity (Wildman–Crippen MR) is 56.7 cm³/mol. The SMILES string of the molecule is CCC(Nc1cncc(F)c1)C(C)C. The minimum Gasteiger partial charge on any atom is -0.381 e. The summed E-state index contributed by atoms with van der Waals surface area (Å²) < 4.78 is 12.8. The lowest BCUT2D eigenvalue weighted by Gasteiger charge is -2.21. The summed E-state index contributed by atoms with van der Waals surface area (Å²) in [5.41, 5.74) is 0.755. The van der Waals surface area contributed by atoms with Crippen LogP contribution in [0.25, 0.3) is 0 Å². The van der Waals surface area contributed by atoms with Crippen molar-refractivity contribution in [2.24, 2.45) is 5.92 Å². The minimum absolute atomic E-state index is 0.298. The van der Waals surface area contributed by atoms with Crippen molar-refractivity contribution in [3.8, 4) is 0 Å². The molecule has 0 amide bonds. The summed E-state index contributed by atoms with van der Waals surface area (Å²) in [7, 11) is 0. The van der Waals surface area contributed by atoms with Gasteiger partial charge in [0.15, 0.2) is 0 Å². The summed E-state index contributed by atoms with van der Waals surface area (Å²) >= 11 is 0. The van der Waals surface area contributed by atoms with Gasteiger partial charge in [-0.25, -0.2) is 4.39 Å². The topological polar surface area (TPSA) is 24.9 Å². The molecule has 1 unspecified atom stereocenters. The molecule has 1 atom stereocenters. The van der Waals surface area contributed by atoms with E-state index in [0.717, 1.165) is 12.1 Å². The minimum atomic E-state index is -0.298. The van der Waals surface area contributed by atoms with Gasteiger partial charge in [0, 0.05) is 12.1 Å². The van der Waals surface area contributed by atoms with Crippen molar-refractivity contribution in [1.82, 2.24) is 4.98 Å². The van der Waals surface area contributed by atoms with Gasteiger partial charge in [-0.1, -0.05) is 20.8 Å². The first-order valence-corrected chi connectivity index (χ1v) is 5.00. The number of halogens is 1. The zero-order valence-corrected chi connectivity index (χ0v) is 8.92. The molecular weight excluding hydrogens is 179 g/mol. The lowest BCUT2D eigenvalue weighted by atomic mass is 10.0. The Balaban J connectivity index is 2.67. The number of rotatable bonds is 4. The molecule has 78 valence electrons. The zero-order chi connectivity index (χ0) is 10.6. The van der Waals surface area contributed by atoms with Crippen LogP contribution in [0.1, 0.15) is 27.2 Å². The first-order chi connectivity index (χ1) is 6.63. The highest BCUT2D eigenvalue weighted by Gasteiger charge is 2.10. The number of anilines is 1. The first kappa shape index (κ1) is 11.0. The molecule has 0 aliphatic rings. The number of hydrogen-bond acceptors (Lipinski definition) is 2. The maximum atomic E-state index is 12.8. The molecule has 1 rings (SSSR count). The second-order valence-electron chi connectivity index (χ2n) is 3.79. The van der Waals surface area contributed by atoms with Crippen LogP contribution in [0.2, 0.25) is 0 Å². The maximum Gasteiger partial charge on any atom is 0.143 e. The van der Waals surface area contributed by atoms with Crippen molar-refractivity contribution < 1.29 is 4.39 Å². The van der Waals surface area contributed by atoms with Gasteiger partial charge in [-0.05, 0) is 12.3 Å². The Bertz CT molecular complexity index is 286. The van der Waals surface area contributed by atoms with Gasteiger partial charge in [-0.15, -0.1) is 0 Å². The van der Waals surface area contributed by atoms with Crippen molar-refractivity contribution in [2.45, 2.75) is 33.2 Å². The highest BCUT2D eigenvalue weighted by Crippen LogP contribution is 2.14. The van der Waals surface area contributed by atoms with E-state index in [0.29, 0.717) is 12.0 Å². The standard InChI is InChI=1S/C11H17FN2/c1-4-11(8(2)3)14-10-5-9(12)6-13-7-10/h5-8,11,14H,4H2,1-3H3. The predicted octanol–water partition coefficient (Wildman–Crippen LogP) is 3.07. The van der Waals surface area contributed by atoms with E-state index in [1.54, 1.807) is 6.20 Å². The molecule has 0 radical (unpaired) electrons. The Hall–Kier alpha value is -1.12. The van der Waals surface area contributed by atoms with Gasteiger partial charge in [0.1, 0.15) is 5.82 Å². The molecule has 0 saturated heterocycles. The van der Waals surface area contributed by atoms with Gasteiger partial charge in [-0.2, -0.15) is 0 Å². The highest BCUT2D eigenvalue weighted by molar-refractivity contribution is 5.41. The zero-order valence-electron chi connectivity index (χ0n) is 8.92.